The van der Waals surface area contributed by atoms with Gasteiger partial charge in [0.1, 0.15) is 0 Å². The fourth-order valence-corrected chi connectivity index (χ4v) is 0.653. The van der Waals surface area contributed by atoms with Gasteiger partial charge in [-0.1, -0.05) is 0 Å². The molecule has 0 atom stereocenters. The van der Waals surface area contributed by atoms with Crippen LogP contribution in [0.4, 0.5) is 0 Å². The van der Waals surface area contributed by atoms with Crippen LogP contribution in [0.15, 0.2) is 0 Å². The van der Waals surface area contributed by atoms with E-state index in [1.54, 1.807) is 0 Å². The monoisotopic (exact) mass is 233 g/mol. The molecule has 14 heavy (non-hydrogen) atoms. The minimum atomic E-state index is 0. The van der Waals surface area contributed by atoms with Crippen molar-refractivity contribution >= 4 is 0 Å². The van der Waals surface area contributed by atoms with Gasteiger partial charge in [-0.3, -0.25) is 0 Å². The molecule has 0 aliphatic heterocycles. The van der Waals surface area contributed by atoms with E-state index in [0.717, 1.165) is 26.2 Å². The molecule has 0 heterocycles. The molecule has 87 valence electrons. The molecule has 4 heteroatoms. The molecule has 1 radical (unpaired) electrons. The van der Waals surface area contributed by atoms with Crippen molar-refractivity contribution in [1.29, 1.82) is 0 Å². The summed E-state index contributed by atoms with van der Waals surface area (Å²) in [7, 11) is 8.28. The molecule has 0 fully saturated rings. The minimum absolute atomic E-state index is 0. The quantitative estimate of drug-likeness (QED) is 0.510. The van der Waals surface area contributed by atoms with Crippen molar-refractivity contribution in [2.75, 3.05) is 54.4 Å². The Morgan fingerprint density at radius 2 is 1.07 bits per heavy atom. The molecule has 0 aromatic carbocycles. The molecule has 0 saturated heterocycles. The van der Waals surface area contributed by atoms with Crippen LogP contribution >= 0.6 is 0 Å². The van der Waals surface area contributed by atoms with Crippen LogP contribution < -0.4 is 0 Å². The normalized spacial score (nSPS) is 9.00. The molecule has 0 rings (SSSR count). The molecular formula is C10H26N3Sc-3. The van der Waals surface area contributed by atoms with Crippen LogP contribution in [0.5, 0.6) is 0 Å². The first-order chi connectivity index (χ1) is 5.13. The van der Waals surface area contributed by atoms with Crippen molar-refractivity contribution in [2.45, 2.75) is 0 Å². The molecule has 0 amide bonds. The predicted molar refractivity (Wildman–Crippen MR) is 63.0 cm³/mol. The first-order valence-electron chi connectivity index (χ1n) is 4.05. The van der Waals surface area contributed by atoms with Crippen molar-refractivity contribution in [3.05, 3.63) is 20.2 Å². The van der Waals surface area contributed by atoms with Gasteiger partial charge in [-0.2, -0.15) is 0 Å². The Kier molecular flexibility index (Phi) is 27.9. The Labute approximate surface area is 110 Å². The van der Waals surface area contributed by atoms with Gasteiger partial charge in [0.2, 0.25) is 0 Å². The zero-order valence-electron chi connectivity index (χ0n) is 10.7. The summed E-state index contributed by atoms with van der Waals surface area (Å²) < 4.78 is 0. The third-order valence-corrected chi connectivity index (χ3v) is 1.41. The zero-order chi connectivity index (χ0) is 8.69. The maximum Gasteiger partial charge on any atom is 0 e. The summed E-state index contributed by atoms with van der Waals surface area (Å²) in [5, 5.41) is 4.37. The second-order valence-electron chi connectivity index (χ2n) is 3.28. The Morgan fingerprint density at radius 3 is 1.29 bits per heavy atom. The van der Waals surface area contributed by atoms with Gasteiger partial charge in [0.25, 0.3) is 0 Å². The van der Waals surface area contributed by atoms with Crippen molar-refractivity contribution in [3.8, 4) is 0 Å². The van der Waals surface area contributed by atoms with E-state index in [9.17, 15) is 0 Å². The van der Waals surface area contributed by atoms with Crippen molar-refractivity contribution in [2.24, 2.45) is 0 Å². The second kappa shape index (κ2) is 16.2. The molecule has 0 aliphatic carbocycles. The Balaban J connectivity index is -0.000000167. The molecule has 0 aliphatic rings. The first kappa shape index (κ1) is 24.1. The van der Waals surface area contributed by atoms with Gasteiger partial charge in [0.05, 0.1) is 0 Å². The number of nitrogens with zero attached hydrogens (tertiary/aromatic N) is 3. The Bertz CT molecular complexity index is 77.4. The van der Waals surface area contributed by atoms with E-state index in [0.29, 0.717) is 0 Å². The van der Waals surface area contributed by atoms with Crippen molar-refractivity contribution in [1.82, 2.24) is 9.80 Å². The third-order valence-electron chi connectivity index (χ3n) is 1.41. The van der Waals surface area contributed by atoms with E-state index in [1.165, 1.54) is 0 Å². The van der Waals surface area contributed by atoms with E-state index in [-0.39, 0.29) is 40.7 Å². The predicted octanol–water partition coefficient (Wildman–Crippen LogP) is 1.38. The topological polar surface area (TPSA) is 20.6 Å². The van der Waals surface area contributed by atoms with Crippen LogP contribution in [-0.4, -0.2) is 64.2 Å². The first-order valence-corrected chi connectivity index (χ1v) is 4.05. The molecule has 0 bridgehead atoms. The largest absolute Gasteiger partial charge is 0.660 e. The van der Waals surface area contributed by atoms with E-state index in [4.69, 9.17) is 0 Å². The average molecular weight is 233 g/mol. The van der Waals surface area contributed by atoms with Gasteiger partial charge >= 0.3 is 0 Å². The number of hydrogen-bond donors (Lipinski definition) is 0. The van der Waals surface area contributed by atoms with Crippen LogP contribution in [0.3, 0.4) is 0 Å². The van der Waals surface area contributed by atoms with E-state index >= 15 is 0 Å². The summed E-state index contributed by atoms with van der Waals surface area (Å²) in [5.41, 5.74) is 0. The van der Waals surface area contributed by atoms with E-state index in [2.05, 4.69) is 43.3 Å². The van der Waals surface area contributed by atoms with Crippen molar-refractivity contribution in [3.63, 3.8) is 0 Å². The maximum absolute atomic E-state index is 4.37. The standard InChI is InChI=1S/C8H20N3.2CH3.Sc/c1-10(2)7-5-9-6-8-11(3)4;;;/h5-8H2,1-4H3;2*1H3;/q3*-1;. The average Bonchev–Trinajstić information content (AvgIpc) is 1.85. The van der Waals surface area contributed by atoms with Gasteiger partial charge in [-0.25, -0.2) is 0 Å². The van der Waals surface area contributed by atoms with Gasteiger partial charge in [-0.05, 0) is 41.3 Å². The summed E-state index contributed by atoms with van der Waals surface area (Å²) in [5.74, 6) is 0. The Hall–Kier alpha value is 0.750. The van der Waals surface area contributed by atoms with Crippen LogP contribution in [-0.2, 0) is 25.8 Å². The molecule has 0 spiro atoms. The molecular weight excluding hydrogens is 207 g/mol. The summed E-state index contributed by atoms with van der Waals surface area (Å²) in [6.45, 7) is 4.04. The van der Waals surface area contributed by atoms with Gasteiger partial charge in [0, 0.05) is 25.8 Å². The van der Waals surface area contributed by atoms with Crippen molar-refractivity contribution < 1.29 is 25.8 Å². The number of hydrogen-bond acceptors (Lipinski definition) is 2. The smallest absolute Gasteiger partial charge is 0 e. The minimum Gasteiger partial charge on any atom is -0.660 e. The van der Waals surface area contributed by atoms with Crippen LogP contribution in [0.2, 0.25) is 0 Å². The van der Waals surface area contributed by atoms with Crippen LogP contribution in [0, 0.1) is 14.9 Å². The number of rotatable bonds is 6. The van der Waals surface area contributed by atoms with E-state index < -0.39 is 0 Å². The molecule has 0 N–H and O–H groups in total. The summed E-state index contributed by atoms with van der Waals surface area (Å²) in [6.07, 6.45) is 0. The summed E-state index contributed by atoms with van der Waals surface area (Å²) in [6, 6.07) is 0. The van der Waals surface area contributed by atoms with Gasteiger partial charge in [0.15, 0.2) is 0 Å². The van der Waals surface area contributed by atoms with Crippen LogP contribution in [0.1, 0.15) is 0 Å². The molecule has 0 unspecified atom stereocenters. The zero-order valence-corrected chi connectivity index (χ0v) is 12.6. The SMILES string of the molecule is CN(C)CC[N-]CCN(C)C.[CH3-].[CH3-].[Sc]. The van der Waals surface area contributed by atoms with Gasteiger partial charge in [-0.15, -0.1) is 13.1 Å². The molecule has 0 saturated carbocycles. The van der Waals surface area contributed by atoms with E-state index in [1.807, 2.05) is 0 Å². The molecule has 3 nitrogen and oxygen atoms in total. The maximum atomic E-state index is 4.37. The fraction of sp³-hybridized carbons (Fsp3) is 0.800. The van der Waals surface area contributed by atoms with Gasteiger partial charge < -0.3 is 30.0 Å². The van der Waals surface area contributed by atoms with Crippen LogP contribution in [0.25, 0.3) is 5.32 Å². The fourth-order valence-electron chi connectivity index (χ4n) is 0.653. The second-order valence-corrected chi connectivity index (χ2v) is 3.28. The summed E-state index contributed by atoms with van der Waals surface area (Å²) in [4.78, 5) is 4.30. The third kappa shape index (κ3) is 23.0. The number of likely N-dealkylation sites (N-methyl/N-ethyl adjacent to an activating group) is 2. The summed E-state index contributed by atoms with van der Waals surface area (Å²) >= 11 is 0. The Morgan fingerprint density at radius 1 is 0.786 bits per heavy atom. The molecule has 0 aromatic heterocycles. The molecule has 0 aromatic rings.